The van der Waals surface area contributed by atoms with E-state index in [4.69, 9.17) is 0 Å². The molecule has 2 saturated carbocycles. The first-order valence-electron chi connectivity index (χ1n) is 5.30. The van der Waals surface area contributed by atoms with Crippen molar-refractivity contribution in [2.24, 2.45) is 22.7 Å². The minimum Gasteiger partial charge on any atom is -0.396 e. The standard InChI is InChI=1S/C11H20O2/c1-10(6-12)8-3-4-9(5-8)11(10,2)7-13/h8-9,12-13H,3-7H2,1-2H3. The van der Waals surface area contributed by atoms with E-state index in [9.17, 15) is 10.2 Å². The number of hydrogen-bond acceptors (Lipinski definition) is 2. The molecule has 2 aliphatic carbocycles. The van der Waals surface area contributed by atoms with Crippen LogP contribution in [-0.2, 0) is 0 Å². The monoisotopic (exact) mass is 184 g/mol. The molecular weight excluding hydrogens is 164 g/mol. The Hall–Kier alpha value is -0.0800. The molecule has 0 aliphatic heterocycles. The van der Waals surface area contributed by atoms with E-state index in [2.05, 4.69) is 13.8 Å². The summed E-state index contributed by atoms with van der Waals surface area (Å²) in [6, 6.07) is 0. The van der Waals surface area contributed by atoms with E-state index in [1.807, 2.05) is 0 Å². The Morgan fingerprint density at radius 2 is 1.38 bits per heavy atom. The Morgan fingerprint density at radius 3 is 1.69 bits per heavy atom. The number of aliphatic hydroxyl groups is 2. The maximum Gasteiger partial charge on any atom is 0.0493 e. The maximum absolute atomic E-state index is 9.50. The van der Waals surface area contributed by atoms with Gasteiger partial charge in [-0.2, -0.15) is 0 Å². The second-order valence-electron chi connectivity index (χ2n) is 5.36. The van der Waals surface area contributed by atoms with Gasteiger partial charge in [-0.25, -0.2) is 0 Å². The van der Waals surface area contributed by atoms with Gasteiger partial charge in [0.15, 0.2) is 0 Å². The molecule has 0 amide bonds. The van der Waals surface area contributed by atoms with E-state index in [-0.39, 0.29) is 24.0 Å². The van der Waals surface area contributed by atoms with Gasteiger partial charge in [0.25, 0.3) is 0 Å². The summed E-state index contributed by atoms with van der Waals surface area (Å²) in [6.45, 7) is 4.75. The molecule has 76 valence electrons. The number of fused-ring (bicyclic) bond motifs is 2. The van der Waals surface area contributed by atoms with Crippen molar-refractivity contribution in [3.63, 3.8) is 0 Å². The topological polar surface area (TPSA) is 40.5 Å². The lowest BCUT2D eigenvalue weighted by Gasteiger charge is -2.47. The van der Waals surface area contributed by atoms with Crippen molar-refractivity contribution >= 4 is 0 Å². The Labute approximate surface area is 80.0 Å². The summed E-state index contributed by atoms with van der Waals surface area (Å²) in [4.78, 5) is 0. The lowest BCUT2D eigenvalue weighted by Crippen LogP contribution is -2.47. The number of aliphatic hydroxyl groups excluding tert-OH is 2. The van der Waals surface area contributed by atoms with Gasteiger partial charge in [0.1, 0.15) is 0 Å². The van der Waals surface area contributed by atoms with E-state index in [1.165, 1.54) is 19.3 Å². The third-order valence-corrected chi connectivity index (χ3v) is 5.20. The first-order chi connectivity index (χ1) is 6.08. The van der Waals surface area contributed by atoms with Crippen LogP contribution in [0.15, 0.2) is 0 Å². The smallest absolute Gasteiger partial charge is 0.0493 e. The van der Waals surface area contributed by atoms with Crippen molar-refractivity contribution in [2.75, 3.05) is 13.2 Å². The lowest BCUT2D eigenvalue weighted by molar-refractivity contribution is -0.0722. The van der Waals surface area contributed by atoms with Gasteiger partial charge in [-0.1, -0.05) is 13.8 Å². The first kappa shape index (κ1) is 9.47. The molecule has 0 spiro atoms. The second-order valence-corrected chi connectivity index (χ2v) is 5.36. The SMILES string of the molecule is CC1(CO)C2CCC(C2)C1(C)CO. The van der Waals surface area contributed by atoms with Crippen molar-refractivity contribution in [1.29, 1.82) is 0 Å². The molecule has 0 heterocycles. The zero-order valence-corrected chi connectivity index (χ0v) is 8.58. The summed E-state index contributed by atoms with van der Waals surface area (Å²) in [7, 11) is 0. The minimum absolute atomic E-state index is 0.0370. The van der Waals surface area contributed by atoms with Gasteiger partial charge in [-0.05, 0) is 31.1 Å². The molecular formula is C11H20O2. The highest BCUT2D eigenvalue weighted by Crippen LogP contribution is 2.65. The Bertz CT molecular complexity index is 194. The van der Waals surface area contributed by atoms with Crippen LogP contribution in [0.25, 0.3) is 0 Å². The molecule has 0 aromatic rings. The molecule has 2 nitrogen and oxygen atoms in total. The molecule has 0 aromatic heterocycles. The summed E-state index contributed by atoms with van der Waals surface area (Å²) < 4.78 is 0. The molecule has 0 radical (unpaired) electrons. The van der Waals surface area contributed by atoms with Crippen LogP contribution in [0.1, 0.15) is 33.1 Å². The Morgan fingerprint density at radius 1 is 1.00 bits per heavy atom. The molecule has 0 saturated heterocycles. The van der Waals surface area contributed by atoms with Crippen LogP contribution in [0, 0.1) is 22.7 Å². The third-order valence-electron chi connectivity index (χ3n) is 5.20. The summed E-state index contributed by atoms with van der Waals surface area (Å²) in [5.41, 5.74) is -0.0741. The average Bonchev–Trinajstić information content (AvgIpc) is 2.70. The third kappa shape index (κ3) is 0.909. The Kier molecular flexibility index (Phi) is 1.97. The highest BCUT2D eigenvalue weighted by molar-refractivity contribution is 5.10. The van der Waals surface area contributed by atoms with Gasteiger partial charge in [0.2, 0.25) is 0 Å². The molecule has 2 fully saturated rings. The van der Waals surface area contributed by atoms with E-state index < -0.39 is 0 Å². The van der Waals surface area contributed by atoms with E-state index in [0.717, 1.165) is 0 Å². The van der Waals surface area contributed by atoms with Crippen LogP contribution in [0.4, 0.5) is 0 Å². The van der Waals surface area contributed by atoms with Crippen molar-refractivity contribution in [3.8, 4) is 0 Å². The van der Waals surface area contributed by atoms with Crippen LogP contribution in [0.2, 0.25) is 0 Å². The van der Waals surface area contributed by atoms with Crippen LogP contribution in [-0.4, -0.2) is 23.4 Å². The highest BCUT2D eigenvalue weighted by Gasteiger charge is 2.61. The number of rotatable bonds is 2. The van der Waals surface area contributed by atoms with E-state index >= 15 is 0 Å². The van der Waals surface area contributed by atoms with Gasteiger partial charge in [-0.15, -0.1) is 0 Å². The Balaban J connectivity index is 2.35. The zero-order valence-electron chi connectivity index (χ0n) is 8.58. The fourth-order valence-electron chi connectivity index (χ4n) is 3.69. The maximum atomic E-state index is 9.50. The first-order valence-corrected chi connectivity index (χ1v) is 5.30. The normalized spacial score (nSPS) is 54.5. The molecule has 4 atom stereocenters. The van der Waals surface area contributed by atoms with Gasteiger partial charge < -0.3 is 10.2 Å². The molecule has 2 bridgehead atoms. The van der Waals surface area contributed by atoms with Crippen molar-refractivity contribution in [1.82, 2.24) is 0 Å². The lowest BCUT2D eigenvalue weighted by atomic mass is 9.58. The van der Waals surface area contributed by atoms with Crippen LogP contribution in [0.3, 0.4) is 0 Å². The van der Waals surface area contributed by atoms with Crippen molar-refractivity contribution in [2.45, 2.75) is 33.1 Å². The fraction of sp³-hybridized carbons (Fsp3) is 1.00. The summed E-state index contributed by atoms with van der Waals surface area (Å²) >= 11 is 0. The van der Waals surface area contributed by atoms with Gasteiger partial charge in [0, 0.05) is 24.0 Å². The summed E-state index contributed by atoms with van der Waals surface area (Å²) in [6.07, 6.45) is 3.71. The largest absolute Gasteiger partial charge is 0.396 e. The highest BCUT2D eigenvalue weighted by atomic mass is 16.3. The van der Waals surface area contributed by atoms with Crippen LogP contribution >= 0.6 is 0 Å². The van der Waals surface area contributed by atoms with Crippen molar-refractivity contribution < 1.29 is 10.2 Å². The van der Waals surface area contributed by atoms with Crippen LogP contribution in [0.5, 0.6) is 0 Å². The quantitative estimate of drug-likeness (QED) is 0.681. The van der Waals surface area contributed by atoms with Crippen LogP contribution < -0.4 is 0 Å². The van der Waals surface area contributed by atoms with E-state index in [1.54, 1.807) is 0 Å². The molecule has 2 N–H and O–H groups in total. The molecule has 13 heavy (non-hydrogen) atoms. The second kappa shape index (κ2) is 2.71. The van der Waals surface area contributed by atoms with Gasteiger partial charge in [0.05, 0.1) is 0 Å². The predicted octanol–water partition coefficient (Wildman–Crippen LogP) is 1.41. The summed E-state index contributed by atoms with van der Waals surface area (Å²) in [5.74, 6) is 1.28. The molecule has 0 aromatic carbocycles. The average molecular weight is 184 g/mol. The molecule has 2 rings (SSSR count). The zero-order chi connectivity index (χ0) is 9.69. The summed E-state index contributed by atoms with van der Waals surface area (Å²) in [5, 5.41) is 19.0. The van der Waals surface area contributed by atoms with Gasteiger partial charge >= 0.3 is 0 Å². The predicted molar refractivity (Wildman–Crippen MR) is 51.2 cm³/mol. The molecule has 4 unspecified atom stereocenters. The number of hydrogen-bond donors (Lipinski definition) is 2. The van der Waals surface area contributed by atoms with Crippen molar-refractivity contribution in [3.05, 3.63) is 0 Å². The fourth-order valence-corrected chi connectivity index (χ4v) is 3.69. The van der Waals surface area contributed by atoms with E-state index in [0.29, 0.717) is 11.8 Å². The minimum atomic E-state index is -0.0370. The molecule has 2 heteroatoms. The molecule has 2 aliphatic rings. The van der Waals surface area contributed by atoms with Gasteiger partial charge in [-0.3, -0.25) is 0 Å².